The standard InChI is InChI=1S/C8H11NO/c1-8(10)3-5-2-7(8)6(5)4-9/h5-7,10H,2-3H2,1H3/t5-,6-,7-,8-/m1/s1. The number of nitrogens with zero attached hydrogens (tertiary/aromatic N) is 1. The number of aliphatic hydroxyl groups is 1. The van der Waals surface area contributed by atoms with E-state index in [-0.39, 0.29) is 11.8 Å². The molecule has 3 aliphatic rings. The van der Waals surface area contributed by atoms with Crippen LogP contribution in [0.3, 0.4) is 0 Å². The molecule has 0 spiro atoms. The van der Waals surface area contributed by atoms with Crippen LogP contribution in [0.25, 0.3) is 0 Å². The normalized spacial score (nSPS) is 57.5. The summed E-state index contributed by atoms with van der Waals surface area (Å²) in [4.78, 5) is 0. The molecule has 0 amide bonds. The lowest BCUT2D eigenvalue weighted by molar-refractivity contribution is 0.0144. The third kappa shape index (κ3) is 0.518. The van der Waals surface area contributed by atoms with Crippen molar-refractivity contribution in [1.29, 1.82) is 5.26 Å². The van der Waals surface area contributed by atoms with Gasteiger partial charge in [-0.3, -0.25) is 0 Å². The Kier molecular flexibility index (Phi) is 0.952. The van der Waals surface area contributed by atoms with E-state index in [1.54, 1.807) is 0 Å². The van der Waals surface area contributed by atoms with Crippen LogP contribution < -0.4 is 0 Å². The van der Waals surface area contributed by atoms with Crippen LogP contribution in [-0.2, 0) is 0 Å². The first kappa shape index (κ1) is 6.18. The van der Waals surface area contributed by atoms with Crippen LogP contribution in [0.15, 0.2) is 0 Å². The van der Waals surface area contributed by atoms with Gasteiger partial charge in [-0.1, -0.05) is 0 Å². The van der Waals surface area contributed by atoms with Crippen molar-refractivity contribution in [2.75, 3.05) is 0 Å². The average molecular weight is 137 g/mol. The molecule has 2 bridgehead atoms. The molecule has 0 aliphatic heterocycles. The first-order chi connectivity index (χ1) is 4.65. The highest BCUT2D eigenvalue weighted by Crippen LogP contribution is 2.58. The molecule has 3 saturated carbocycles. The molecule has 10 heavy (non-hydrogen) atoms. The van der Waals surface area contributed by atoms with E-state index in [2.05, 4.69) is 6.07 Å². The van der Waals surface area contributed by atoms with Crippen molar-refractivity contribution in [3.05, 3.63) is 0 Å². The first-order valence-corrected chi connectivity index (χ1v) is 3.77. The second-order valence-electron chi connectivity index (χ2n) is 3.82. The van der Waals surface area contributed by atoms with Crippen LogP contribution in [0.4, 0.5) is 0 Å². The minimum atomic E-state index is -0.523. The fourth-order valence-corrected chi connectivity index (χ4v) is 2.48. The number of fused-ring (bicyclic) bond motifs is 1. The monoisotopic (exact) mass is 137 g/mol. The van der Waals surface area contributed by atoms with Crippen molar-refractivity contribution in [3.63, 3.8) is 0 Å². The second kappa shape index (κ2) is 1.54. The summed E-state index contributed by atoms with van der Waals surface area (Å²) in [5.74, 6) is 0.947. The fourth-order valence-electron chi connectivity index (χ4n) is 2.48. The van der Waals surface area contributed by atoms with Gasteiger partial charge in [-0.15, -0.1) is 0 Å². The van der Waals surface area contributed by atoms with Crippen LogP contribution in [0, 0.1) is 29.1 Å². The van der Waals surface area contributed by atoms with Gasteiger partial charge in [-0.25, -0.2) is 0 Å². The molecule has 3 fully saturated rings. The lowest BCUT2D eigenvalue weighted by atomic mass is 9.71. The van der Waals surface area contributed by atoms with E-state index in [9.17, 15) is 5.11 Å². The zero-order chi connectivity index (χ0) is 7.35. The Morgan fingerprint density at radius 3 is 2.60 bits per heavy atom. The summed E-state index contributed by atoms with van der Waals surface area (Å²) in [6, 6.07) is 2.26. The molecule has 3 rings (SSSR count). The maximum atomic E-state index is 9.66. The molecular weight excluding hydrogens is 126 g/mol. The molecule has 54 valence electrons. The Bertz CT molecular complexity index is 204. The molecule has 2 nitrogen and oxygen atoms in total. The quantitative estimate of drug-likeness (QED) is 0.539. The minimum Gasteiger partial charge on any atom is -0.390 e. The molecule has 3 aliphatic carbocycles. The van der Waals surface area contributed by atoms with Gasteiger partial charge in [0.15, 0.2) is 0 Å². The molecule has 0 saturated heterocycles. The average Bonchev–Trinajstić information content (AvgIpc) is 2.17. The number of nitriles is 1. The Morgan fingerprint density at radius 1 is 1.70 bits per heavy atom. The predicted molar refractivity (Wildman–Crippen MR) is 35.9 cm³/mol. The zero-order valence-corrected chi connectivity index (χ0v) is 6.04. The molecule has 1 N–H and O–H groups in total. The molecule has 0 aromatic heterocycles. The van der Waals surface area contributed by atoms with Crippen molar-refractivity contribution in [2.24, 2.45) is 17.8 Å². The Morgan fingerprint density at radius 2 is 2.40 bits per heavy atom. The van der Waals surface area contributed by atoms with E-state index in [1.165, 1.54) is 0 Å². The number of hydrogen-bond acceptors (Lipinski definition) is 2. The summed E-state index contributed by atoms with van der Waals surface area (Å²) in [5.41, 5.74) is -0.523. The molecule has 0 unspecified atom stereocenters. The Balaban J connectivity index is 2.22. The molecule has 2 heteroatoms. The van der Waals surface area contributed by atoms with Gasteiger partial charge in [0.25, 0.3) is 0 Å². The van der Waals surface area contributed by atoms with Crippen molar-refractivity contribution >= 4 is 0 Å². The Hall–Kier alpha value is -0.550. The third-order valence-corrected chi connectivity index (χ3v) is 3.12. The first-order valence-electron chi connectivity index (χ1n) is 3.77. The van der Waals surface area contributed by atoms with E-state index in [4.69, 9.17) is 5.26 Å². The van der Waals surface area contributed by atoms with E-state index in [1.807, 2.05) is 6.92 Å². The van der Waals surface area contributed by atoms with Crippen molar-refractivity contribution in [1.82, 2.24) is 0 Å². The summed E-state index contributed by atoms with van der Waals surface area (Å²) >= 11 is 0. The van der Waals surface area contributed by atoms with Crippen molar-refractivity contribution < 1.29 is 5.11 Å². The van der Waals surface area contributed by atoms with Gasteiger partial charge in [0.05, 0.1) is 17.6 Å². The van der Waals surface area contributed by atoms with Crippen LogP contribution >= 0.6 is 0 Å². The molecule has 4 atom stereocenters. The van der Waals surface area contributed by atoms with Gasteiger partial charge >= 0.3 is 0 Å². The summed E-state index contributed by atoms with van der Waals surface area (Å²) in [5, 5.41) is 18.3. The summed E-state index contributed by atoms with van der Waals surface area (Å²) in [6.45, 7) is 1.86. The van der Waals surface area contributed by atoms with Crippen molar-refractivity contribution in [2.45, 2.75) is 25.4 Å². The maximum Gasteiger partial charge on any atom is 0.0663 e. The molecule has 0 heterocycles. The van der Waals surface area contributed by atoms with Gasteiger partial charge in [-0.2, -0.15) is 5.26 Å². The van der Waals surface area contributed by atoms with Crippen LogP contribution in [-0.4, -0.2) is 10.7 Å². The van der Waals surface area contributed by atoms with E-state index in [0.717, 1.165) is 12.8 Å². The van der Waals surface area contributed by atoms with Gasteiger partial charge < -0.3 is 5.11 Å². The minimum absolute atomic E-state index is 0.162. The smallest absolute Gasteiger partial charge is 0.0663 e. The highest BCUT2D eigenvalue weighted by Gasteiger charge is 2.59. The molecular formula is C8H11NO. The summed E-state index contributed by atoms with van der Waals surface area (Å²) in [6.07, 6.45) is 1.92. The lowest BCUT2D eigenvalue weighted by Gasteiger charge is -2.32. The van der Waals surface area contributed by atoms with E-state index in [0.29, 0.717) is 5.92 Å². The maximum absolute atomic E-state index is 9.66. The van der Waals surface area contributed by atoms with Crippen LogP contribution in [0.1, 0.15) is 19.8 Å². The molecule has 0 aromatic carbocycles. The van der Waals surface area contributed by atoms with Crippen molar-refractivity contribution in [3.8, 4) is 6.07 Å². The van der Waals surface area contributed by atoms with Gasteiger partial charge in [0.1, 0.15) is 0 Å². The lowest BCUT2D eigenvalue weighted by Crippen LogP contribution is -2.35. The van der Waals surface area contributed by atoms with Gasteiger partial charge in [0.2, 0.25) is 0 Å². The predicted octanol–water partition coefficient (Wildman–Crippen LogP) is 0.917. The van der Waals surface area contributed by atoms with E-state index < -0.39 is 5.60 Å². The third-order valence-electron chi connectivity index (χ3n) is 3.12. The van der Waals surface area contributed by atoms with Gasteiger partial charge in [0, 0.05) is 5.92 Å². The zero-order valence-electron chi connectivity index (χ0n) is 6.04. The number of hydrogen-bond donors (Lipinski definition) is 1. The summed E-state index contributed by atoms with van der Waals surface area (Å²) < 4.78 is 0. The van der Waals surface area contributed by atoms with E-state index >= 15 is 0 Å². The topological polar surface area (TPSA) is 44.0 Å². The van der Waals surface area contributed by atoms with Crippen LogP contribution in [0.2, 0.25) is 0 Å². The Labute approximate surface area is 60.5 Å². The summed E-state index contributed by atoms with van der Waals surface area (Å²) in [7, 11) is 0. The fraction of sp³-hybridized carbons (Fsp3) is 0.875. The number of rotatable bonds is 0. The van der Waals surface area contributed by atoms with Gasteiger partial charge in [-0.05, 0) is 25.7 Å². The molecule has 0 radical (unpaired) electrons. The SMILES string of the molecule is C[C@@]1(O)C[C@H]2C[C@@H]1[C@@H]2C#N. The largest absolute Gasteiger partial charge is 0.390 e. The highest BCUT2D eigenvalue weighted by molar-refractivity contribution is 5.15. The molecule has 0 aromatic rings. The van der Waals surface area contributed by atoms with Crippen LogP contribution in [0.5, 0.6) is 0 Å². The highest BCUT2D eigenvalue weighted by atomic mass is 16.3. The second-order valence-corrected chi connectivity index (χ2v) is 3.82.